The fraction of sp³-hybridized carbons (Fsp3) is 0.368. The lowest BCUT2D eigenvalue weighted by Crippen LogP contribution is -2.18. The van der Waals surface area contributed by atoms with E-state index in [0.29, 0.717) is 0 Å². The Kier molecular flexibility index (Phi) is 6.49. The molecule has 2 unspecified atom stereocenters. The third kappa shape index (κ3) is 5.50. The second-order valence-electron chi connectivity index (χ2n) is 6.39. The molecule has 2 aromatic rings. The van der Waals surface area contributed by atoms with Gasteiger partial charge in [0.25, 0.3) is 0 Å². The van der Waals surface area contributed by atoms with Gasteiger partial charge in [0.1, 0.15) is 0 Å². The molecular weight excluding hydrogens is 327 g/mol. The largest absolute Gasteiger partial charge is 0.328 e. The molecule has 2 atom stereocenters. The second-order valence-corrected chi connectivity index (χ2v) is 7.21. The predicted octanol–water partition coefficient (Wildman–Crippen LogP) is 4.36. The molecule has 2 aromatic carbocycles. The van der Waals surface area contributed by atoms with Crippen LogP contribution in [0.2, 0.25) is 10.0 Å². The SMILES string of the molecule is CC(N)Cc1ccc(Cc2ccc(CC(C)N)c(Cl)c2)cc1Cl. The van der Waals surface area contributed by atoms with Crippen LogP contribution in [-0.2, 0) is 19.3 Å². The van der Waals surface area contributed by atoms with E-state index < -0.39 is 0 Å². The summed E-state index contributed by atoms with van der Waals surface area (Å²) < 4.78 is 0. The molecule has 0 saturated carbocycles. The smallest absolute Gasteiger partial charge is 0.0441 e. The summed E-state index contributed by atoms with van der Waals surface area (Å²) in [7, 11) is 0. The van der Waals surface area contributed by atoms with Crippen LogP contribution >= 0.6 is 23.2 Å². The van der Waals surface area contributed by atoms with Gasteiger partial charge in [0.05, 0.1) is 0 Å². The average molecular weight is 351 g/mol. The summed E-state index contributed by atoms with van der Waals surface area (Å²) in [6, 6.07) is 12.6. The van der Waals surface area contributed by atoms with E-state index >= 15 is 0 Å². The van der Waals surface area contributed by atoms with Gasteiger partial charge in [-0.05, 0) is 67.5 Å². The van der Waals surface area contributed by atoms with Crippen molar-refractivity contribution in [1.82, 2.24) is 0 Å². The minimum absolute atomic E-state index is 0.106. The van der Waals surface area contributed by atoms with Crippen molar-refractivity contribution < 1.29 is 0 Å². The molecule has 2 rings (SSSR count). The van der Waals surface area contributed by atoms with E-state index in [4.69, 9.17) is 34.7 Å². The molecule has 2 nitrogen and oxygen atoms in total. The van der Waals surface area contributed by atoms with Crippen LogP contribution in [0.15, 0.2) is 36.4 Å². The van der Waals surface area contributed by atoms with Gasteiger partial charge in [0.15, 0.2) is 0 Å². The Morgan fingerprint density at radius 3 is 1.48 bits per heavy atom. The second kappa shape index (κ2) is 8.16. The van der Waals surface area contributed by atoms with Crippen molar-refractivity contribution >= 4 is 23.2 Å². The first-order valence-corrected chi connectivity index (χ1v) is 8.66. The molecule has 0 amide bonds. The van der Waals surface area contributed by atoms with Crippen molar-refractivity contribution in [3.05, 3.63) is 68.7 Å². The van der Waals surface area contributed by atoms with Crippen molar-refractivity contribution in [2.45, 2.75) is 45.2 Å². The lowest BCUT2D eigenvalue weighted by atomic mass is 9.99. The molecule has 4 heteroatoms. The maximum absolute atomic E-state index is 6.36. The van der Waals surface area contributed by atoms with Gasteiger partial charge in [-0.15, -0.1) is 0 Å². The van der Waals surface area contributed by atoms with E-state index in [-0.39, 0.29) is 12.1 Å². The van der Waals surface area contributed by atoms with Gasteiger partial charge in [0.2, 0.25) is 0 Å². The predicted molar refractivity (Wildman–Crippen MR) is 100 cm³/mol. The van der Waals surface area contributed by atoms with Crippen LogP contribution < -0.4 is 11.5 Å². The molecule has 0 heterocycles. The van der Waals surface area contributed by atoms with Crippen LogP contribution in [0.25, 0.3) is 0 Å². The van der Waals surface area contributed by atoms with E-state index in [1.165, 1.54) is 11.1 Å². The Bertz CT molecular complexity index is 609. The molecule has 0 aromatic heterocycles. The number of halogens is 2. The Balaban J connectivity index is 2.13. The zero-order valence-corrected chi connectivity index (χ0v) is 15.2. The third-order valence-corrected chi connectivity index (χ3v) is 4.43. The average Bonchev–Trinajstić information content (AvgIpc) is 2.44. The topological polar surface area (TPSA) is 52.0 Å². The molecule has 0 fully saturated rings. The molecule has 0 aliphatic heterocycles. The highest BCUT2D eigenvalue weighted by Gasteiger charge is 2.08. The normalized spacial score (nSPS) is 13.8. The van der Waals surface area contributed by atoms with Crippen molar-refractivity contribution in [3.8, 4) is 0 Å². The Morgan fingerprint density at radius 2 is 1.17 bits per heavy atom. The lowest BCUT2D eigenvalue weighted by molar-refractivity contribution is 0.738. The van der Waals surface area contributed by atoms with Crippen LogP contribution in [0, 0.1) is 0 Å². The number of hydrogen-bond acceptors (Lipinski definition) is 2. The van der Waals surface area contributed by atoms with E-state index in [9.17, 15) is 0 Å². The summed E-state index contributed by atoms with van der Waals surface area (Å²) in [6.45, 7) is 3.96. The molecular formula is C19H24Cl2N2. The highest BCUT2D eigenvalue weighted by molar-refractivity contribution is 6.31. The van der Waals surface area contributed by atoms with Crippen LogP contribution in [0.4, 0.5) is 0 Å². The highest BCUT2D eigenvalue weighted by atomic mass is 35.5. The molecule has 0 bridgehead atoms. The Hall–Kier alpha value is -1.06. The van der Waals surface area contributed by atoms with Gasteiger partial charge in [-0.3, -0.25) is 0 Å². The molecule has 23 heavy (non-hydrogen) atoms. The first-order chi connectivity index (χ1) is 10.8. The molecule has 0 saturated heterocycles. The lowest BCUT2D eigenvalue weighted by Gasteiger charge is -2.11. The number of nitrogens with two attached hydrogens (primary N) is 2. The van der Waals surface area contributed by atoms with Crippen LogP contribution in [0.3, 0.4) is 0 Å². The molecule has 4 N–H and O–H groups in total. The van der Waals surface area contributed by atoms with Crippen molar-refractivity contribution in [3.63, 3.8) is 0 Å². The Morgan fingerprint density at radius 1 is 0.783 bits per heavy atom. The van der Waals surface area contributed by atoms with E-state index in [1.54, 1.807) is 0 Å². The van der Waals surface area contributed by atoms with Gasteiger partial charge in [-0.25, -0.2) is 0 Å². The van der Waals surface area contributed by atoms with Gasteiger partial charge < -0.3 is 11.5 Å². The fourth-order valence-corrected chi connectivity index (χ4v) is 3.22. The van der Waals surface area contributed by atoms with E-state index in [2.05, 4.69) is 24.3 Å². The summed E-state index contributed by atoms with van der Waals surface area (Å²) in [5.41, 5.74) is 16.2. The van der Waals surface area contributed by atoms with Gasteiger partial charge in [-0.2, -0.15) is 0 Å². The van der Waals surface area contributed by atoms with Crippen molar-refractivity contribution in [2.75, 3.05) is 0 Å². The zero-order chi connectivity index (χ0) is 17.0. The summed E-state index contributed by atoms with van der Waals surface area (Å²) in [5, 5.41) is 1.55. The monoisotopic (exact) mass is 350 g/mol. The van der Waals surface area contributed by atoms with Gasteiger partial charge >= 0.3 is 0 Å². The highest BCUT2D eigenvalue weighted by Crippen LogP contribution is 2.24. The minimum atomic E-state index is 0.106. The zero-order valence-electron chi connectivity index (χ0n) is 13.7. The van der Waals surface area contributed by atoms with Crippen LogP contribution in [0.5, 0.6) is 0 Å². The first-order valence-electron chi connectivity index (χ1n) is 7.91. The minimum Gasteiger partial charge on any atom is -0.328 e. The third-order valence-electron chi connectivity index (χ3n) is 3.73. The number of benzene rings is 2. The molecule has 0 aliphatic carbocycles. The maximum Gasteiger partial charge on any atom is 0.0441 e. The quantitative estimate of drug-likeness (QED) is 0.812. The summed E-state index contributed by atoms with van der Waals surface area (Å²) in [5.74, 6) is 0. The van der Waals surface area contributed by atoms with Crippen molar-refractivity contribution in [1.29, 1.82) is 0 Å². The fourth-order valence-electron chi connectivity index (χ4n) is 2.66. The number of hydrogen-bond donors (Lipinski definition) is 2. The molecule has 0 spiro atoms. The van der Waals surface area contributed by atoms with Crippen LogP contribution in [0.1, 0.15) is 36.1 Å². The molecule has 124 valence electrons. The first kappa shape index (κ1) is 18.3. The molecule has 0 aliphatic rings. The van der Waals surface area contributed by atoms with E-state index in [0.717, 1.165) is 40.4 Å². The molecule has 0 radical (unpaired) electrons. The van der Waals surface area contributed by atoms with Crippen LogP contribution in [-0.4, -0.2) is 12.1 Å². The van der Waals surface area contributed by atoms with Crippen molar-refractivity contribution in [2.24, 2.45) is 11.5 Å². The van der Waals surface area contributed by atoms with E-state index in [1.807, 2.05) is 26.0 Å². The summed E-state index contributed by atoms with van der Waals surface area (Å²) >= 11 is 12.7. The Labute approximate surface area is 148 Å². The maximum atomic E-state index is 6.36. The van der Waals surface area contributed by atoms with Gasteiger partial charge in [-0.1, -0.05) is 47.5 Å². The number of rotatable bonds is 6. The standard InChI is InChI=1S/C19H24Cl2N2/c1-12(22)7-16-5-3-14(10-18(16)20)9-15-4-6-17(8-13(2)23)19(21)11-15/h3-6,10-13H,7-9,22-23H2,1-2H3. The summed E-state index contributed by atoms with van der Waals surface area (Å²) in [6.07, 6.45) is 2.38. The van der Waals surface area contributed by atoms with Gasteiger partial charge in [0, 0.05) is 22.1 Å². The summed E-state index contributed by atoms with van der Waals surface area (Å²) in [4.78, 5) is 0.